The number of hydrogen-bond donors (Lipinski definition) is 1. The van der Waals surface area contributed by atoms with Crippen molar-refractivity contribution < 1.29 is 14.3 Å². The van der Waals surface area contributed by atoms with E-state index >= 15 is 0 Å². The van der Waals surface area contributed by atoms with E-state index in [4.69, 9.17) is 9.47 Å². The Labute approximate surface area is 178 Å². The standard InChI is InChI=1S/C23H21N3O3S/c1-28-17-8-5-15(6-9-17)3-4-16-7-11-20(24-14-16)22(27)26-23-25-19-12-10-18(29-2)13-21(19)30-23/h5-14H,3-4H2,1-2H3,(H,25,26,27). The average molecular weight is 420 g/mol. The normalized spacial score (nSPS) is 10.7. The summed E-state index contributed by atoms with van der Waals surface area (Å²) in [7, 11) is 3.28. The summed E-state index contributed by atoms with van der Waals surface area (Å²) in [6, 6.07) is 17.3. The molecule has 6 nitrogen and oxygen atoms in total. The van der Waals surface area contributed by atoms with Gasteiger partial charge in [0, 0.05) is 6.20 Å². The molecular weight excluding hydrogens is 398 g/mol. The van der Waals surface area contributed by atoms with Crippen molar-refractivity contribution in [3.8, 4) is 11.5 Å². The van der Waals surface area contributed by atoms with Gasteiger partial charge in [-0.15, -0.1) is 0 Å². The molecule has 0 saturated carbocycles. The molecule has 0 spiro atoms. The van der Waals surface area contributed by atoms with Gasteiger partial charge in [0.2, 0.25) is 0 Å². The maximum absolute atomic E-state index is 12.5. The van der Waals surface area contributed by atoms with Crippen LogP contribution in [-0.4, -0.2) is 30.1 Å². The number of aromatic nitrogens is 2. The number of amides is 1. The third-order valence-electron chi connectivity index (χ3n) is 4.73. The average Bonchev–Trinajstić information content (AvgIpc) is 3.19. The number of methoxy groups -OCH3 is 2. The number of ether oxygens (including phenoxy) is 2. The molecule has 7 heteroatoms. The topological polar surface area (TPSA) is 73.3 Å². The molecule has 1 amide bonds. The van der Waals surface area contributed by atoms with Gasteiger partial charge in [-0.3, -0.25) is 15.1 Å². The van der Waals surface area contributed by atoms with Gasteiger partial charge in [0.1, 0.15) is 17.2 Å². The Kier molecular flexibility index (Phi) is 5.90. The zero-order chi connectivity index (χ0) is 20.9. The van der Waals surface area contributed by atoms with Crippen LogP contribution in [0.4, 0.5) is 5.13 Å². The smallest absolute Gasteiger partial charge is 0.276 e. The third-order valence-corrected chi connectivity index (χ3v) is 5.67. The predicted octanol–water partition coefficient (Wildman–Crippen LogP) is 4.75. The van der Waals surface area contributed by atoms with E-state index in [2.05, 4.69) is 27.4 Å². The predicted molar refractivity (Wildman–Crippen MR) is 119 cm³/mol. The zero-order valence-electron chi connectivity index (χ0n) is 16.7. The van der Waals surface area contributed by atoms with Crippen LogP contribution in [0.1, 0.15) is 21.6 Å². The maximum Gasteiger partial charge on any atom is 0.276 e. The van der Waals surface area contributed by atoms with Crippen molar-refractivity contribution in [1.29, 1.82) is 0 Å². The minimum absolute atomic E-state index is 0.275. The molecule has 2 aromatic heterocycles. The highest BCUT2D eigenvalue weighted by molar-refractivity contribution is 7.22. The van der Waals surface area contributed by atoms with Crippen LogP contribution in [-0.2, 0) is 12.8 Å². The van der Waals surface area contributed by atoms with Gasteiger partial charge in [-0.1, -0.05) is 29.5 Å². The summed E-state index contributed by atoms with van der Waals surface area (Å²) in [6.07, 6.45) is 3.50. The van der Waals surface area contributed by atoms with E-state index in [0.717, 1.165) is 40.1 Å². The SMILES string of the molecule is COc1ccc(CCc2ccc(C(=O)Nc3nc4ccc(OC)cc4s3)nc2)cc1. The van der Waals surface area contributed by atoms with Crippen LogP contribution >= 0.6 is 11.3 Å². The van der Waals surface area contributed by atoms with Crippen molar-refractivity contribution >= 4 is 32.6 Å². The lowest BCUT2D eigenvalue weighted by atomic mass is 10.1. The number of anilines is 1. The first-order valence-corrected chi connectivity index (χ1v) is 10.3. The van der Waals surface area contributed by atoms with E-state index in [0.29, 0.717) is 10.8 Å². The maximum atomic E-state index is 12.5. The summed E-state index contributed by atoms with van der Waals surface area (Å²) in [4.78, 5) is 21.3. The van der Waals surface area contributed by atoms with Gasteiger partial charge in [-0.25, -0.2) is 4.98 Å². The first kappa shape index (κ1) is 19.8. The minimum atomic E-state index is -0.275. The van der Waals surface area contributed by atoms with E-state index < -0.39 is 0 Å². The molecule has 0 aliphatic heterocycles. The Morgan fingerprint density at radius 1 is 0.933 bits per heavy atom. The van der Waals surface area contributed by atoms with E-state index in [1.807, 2.05) is 36.4 Å². The van der Waals surface area contributed by atoms with Crippen LogP contribution < -0.4 is 14.8 Å². The minimum Gasteiger partial charge on any atom is -0.497 e. The molecule has 1 N–H and O–H groups in total. The molecule has 30 heavy (non-hydrogen) atoms. The number of rotatable bonds is 7. The highest BCUT2D eigenvalue weighted by atomic mass is 32.1. The molecule has 4 aromatic rings. The van der Waals surface area contributed by atoms with Gasteiger partial charge in [-0.05, 0) is 60.4 Å². The Morgan fingerprint density at radius 3 is 2.33 bits per heavy atom. The molecule has 4 rings (SSSR count). The fourth-order valence-corrected chi connectivity index (χ4v) is 3.92. The molecule has 2 aromatic carbocycles. The fourth-order valence-electron chi connectivity index (χ4n) is 3.03. The number of carbonyl (C=O) groups excluding carboxylic acids is 1. The highest BCUT2D eigenvalue weighted by Gasteiger charge is 2.12. The van der Waals surface area contributed by atoms with Crippen molar-refractivity contribution in [2.75, 3.05) is 19.5 Å². The molecule has 0 aliphatic carbocycles. The van der Waals surface area contributed by atoms with Crippen molar-refractivity contribution in [1.82, 2.24) is 9.97 Å². The van der Waals surface area contributed by atoms with Gasteiger partial charge >= 0.3 is 0 Å². The number of hydrogen-bond acceptors (Lipinski definition) is 6. The molecule has 0 unspecified atom stereocenters. The van der Waals surface area contributed by atoms with Gasteiger partial charge < -0.3 is 9.47 Å². The van der Waals surface area contributed by atoms with Crippen LogP contribution in [0, 0.1) is 0 Å². The second kappa shape index (κ2) is 8.92. The second-order valence-corrected chi connectivity index (χ2v) is 7.74. The molecule has 0 radical (unpaired) electrons. The number of thiazole rings is 1. The second-order valence-electron chi connectivity index (χ2n) is 6.71. The Bertz CT molecular complexity index is 1150. The summed E-state index contributed by atoms with van der Waals surface area (Å²) in [5, 5.41) is 3.36. The molecule has 0 fully saturated rings. The van der Waals surface area contributed by atoms with E-state index in [1.54, 1.807) is 26.5 Å². The molecular formula is C23H21N3O3S. The van der Waals surface area contributed by atoms with Crippen molar-refractivity contribution in [2.24, 2.45) is 0 Å². The largest absolute Gasteiger partial charge is 0.497 e. The summed E-state index contributed by atoms with van der Waals surface area (Å²) < 4.78 is 11.4. The van der Waals surface area contributed by atoms with E-state index in [-0.39, 0.29) is 5.91 Å². The summed E-state index contributed by atoms with van der Waals surface area (Å²) >= 11 is 1.40. The summed E-state index contributed by atoms with van der Waals surface area (Å²) in [6.45, 7) is 0. The summed E-state index contributed by atoms with van der Waals surface area (Å²) in [5.74, 6) is 1.33. The van der Waals surface area contributed by atoms with Crippen molar-refractivity contribution in [3.05, 3.63) is 77.6 Å². The Balaban J connectivity index is 1.37. The van der Waals surface area contributed by atoms with Crippen LogP contribution in [0.2, 0.25) is 0 Å². The third kappa shape index (κ3) is 4.58. The zero-order valence-corrected chi connectivity index (χ0v) is 17.5. The Morgan fingerprint density at radius 2 is 1.63 bits per heavy atom. The molecule has 0 atom stereocenters. The number of nitrogens with zero attached hydrogens (tertiary/aromatic N) is 2. The number of aryl methyl sites for hydroxylation is 2. The van der Waals surface area contributed by atoms with Crippen LogP contribution in [0.3, 0.4) is 0 Å². The lowest BCUT2D eigenvalue weighted by molar-refractivity contribution is 0.102. The monoisotopic (exact) mass is 419 g/mol. The number of pyridine rings is 1. The fraction of sp³-hybridized carbons (Fsp3) is 0.174. The molecule has 152 valence electrons. The summed E-state index contributed by atoms with van der Waals surface area (Å²) in [5.41, 5.74) is 3.48. The lowest BCUT2D eigenvalue weighted by Gasteiger charge is -2.05. The van der Waals surface area contributed by atoms with Crippen molar-refractivity contribution in [2.45, 2.75) is 12.8 Å². The lowest BCUT2D eigenvalue weighted by Crippen LogP contribution is -2.13. The van der Waals surface area contributed by atoms with Gasteiger partial charge in [0.15, 0.2) is 5.13 Å². The van der Waals surface area contributed by atoms with Crippen LogP contribution in [0.25, 0.3) is 10.2 Å². The van der Waals surface area contributed by atoms with Gasteiger partial charge in [-0.2, -0.15) is 0 Å². The van der Waals surface area contributed by atoms with Gasteiger partial charge in [0.25, 0.3) is 5.91 Å². The van der Waals surface area contributed by atoms with Crippen LogP contribution in [0.5, 0.6) is 11.5 Å². The van der Waals surface area contributed by atoms with E-state index in [1.165, 1.54) is 16.9 Å². The molecule has 0 saturated heterocycles. The number of fused-ring (bicyclic) bond motifs is 1. The quantitative estimate of drug-likeness (QED) is 0.468. The first-order chi connectivity index (χ1) is 14.6. The van der Waals surface area contributed by atoms with E-state index in [9.17, 15) is 4.79 Å². The number of benzene rings is 2. The van der Waals surface area contributed by atoms with Crippen molar-refractivity contribution in [3.63, 3.8) is 0 Å². The molecule has 0 bridgehead atoms. The first-order valence-electron chi connectivity index (χ1n) is 9.48. The Hall–Kier alpha value is -3.45. The number of carbonyl (C=O) groups is 1. The molecule has 0 aliphatic rings. The number of nitrogens with one attached hydrogen (secondary N) is 1. The molecule has 2 heterocycles. The van der Waals surface area contributed by atoms with Gasteiger partial charge in [0.05, 0.1) is 24.4 Å². The highest BCUT2D eigenvalue weighted by Crippen LogP contribution is 2.29. The van der Waals surface area contributed by atoms with Crippen LogP contribution in [0.15, 0.2) is 60.8 Å².